The molecule has 2 aliphatic carbocycles. The summed E-state index contributed by atoms with van der Waals surface area (Å²) in [7, 11) is 1.84. The number of rotatable bonds is 5. The third-order valence-electron chi connectivity index (χ3n) is 5.61. The van der Waals surface area contributed by atoms with E-state index in [-0.39, 0.29) is 23.5 Å². The van der Waals surface area contributed by atoms with E-state index in [0.29, 0.717) is 6.61 Å². The summed E-state index contributed by atoms with van der Waals surface area (Å²) in [6.45, 7) is 8.53. The molecule has 0 heterocycles. The first-order valence-electron chi connectivity index (χ1n) is 8.57. The van der Waals surface area contributed by atoms with Crippen LogP contribution in [0.3, 0.4) is 0 Å². The van der Waals surface area contributed by atoms with Crippen molar-refractivity contribution in [2.24, 2.45) is 16.6 Å². The van der Waals surface area contributed by atoms with Crippen LogP contribution in [0, 0.1) is 10.8 Å². The van der Waals surface area contributed by atoms with E-state index in [1.165, 1.54) is 6.42 Å². The van der Waals surface area contributed by atoms with Gasteiger partial charge in [-0.1, -0.05) is 27.2 Å². The highest BCUT2D eigenvalue weighted by atomic mass is 16.5. The minimum Gasteiger partial charge on any atom is -0.378 e. The van der Waals surface area contributed by atoms with Gasteiger partial charge in [0.05, 0.1) is 6.10 Å². The monoisotopic (exact) mass is 325 g/mol. The van der Waals surface area contributed by atoms with E-state index >= 15 is 0 Å². The first-order valence-corrected chi connectivity index (χ1v) is 8.57. The van der Waals surface area contributed by atoms with Crippen molar-refractivity contribution in [1.82, 2.24) is 10.2 Å². The minimum atomic E-state index is -0.661. The van der Waals surface area contributed by atoms with Crippen LogP contribution in [-0.2, 0) is 9.53 Å². The number of nitrogens with two attached hydrogens (primary N) is 1. The first kappa shape index (κ1) is 18.0. The number of amides is 3. The van der Waals surface area contributed by atoms with E-state index in [0.717, 1.165) is 19.3 Å². The lowest BCUT2D eigenvalue weighted by molar-refractivity contribution is -0.203. The van der Waals surface area contributed by atoms with Crippen LogP contribution in [0.15, 0.2) is 0 Å². The van der Waals surface area contributed by atoms with Gasteiger partial charge in [-0.3, -0.25) is 4.79 Å². The van der Waals surface area contributed by atoms with Crippen molar-refractivity contribution in [2.75, 3.05) is 13.7 Å². The molecule has 2 aliphatic rings. The molecule has 23 heavy (non-hydrogen) atoms. The van der Waals surface area contributed by atoms with Crippen LogP contribution in [0.2, 0.25) is 0 Å². The second-order valence-corrected chi connectivity index (χ2v) is 8.04. The van der Waals surface area contributed by atoms with Crippen LogP contribution in [0.4, 0.5) is 4.79 Å². The first-order chi connectivity index (χ1) is 10.6. The summed E-state index contributed by atoms with van der Waals surface area (Å²) in [5, 5.41) is 2.62. The van der Waals surface area contributed by atoms with Gasteiger partial charge in [-0.25, -0.2) is 4.79 Å². The predicted octanol–water partition coefficient (Wildman–Crippen LogP) is 1.88. The molecule has 132 valence electrons. The van der Waals surface area contributed by atoms with Crippen molar-refractivity contribution in [2.45, 2.75) is 71.6 Å². The van der Waals surface area contributed by atoms with E-state index in [4.69, 9.17) is 10.5 Å². The lowest BCUT2D eigenvalue weighted by Crippen LogP contribution is -2.69. The van der Waals surface area contributed by atoms with E-state index in [9.17, 15) is 9.59 Å². The summed E-state index contributed by atoms with van der Waals surface area (Å²) < 4.78 is 5.86. The summed E-state index contributed by atoms with van der Waals surface area (Å²) >= 11 is 0. The fraction of sp³-hybridized carbons (Fsp3) is 0.882. The van der Waals surface area contributed by atoms with E-state index < -0.39 is 17.5 Å². The molecule has 3 amide bonds. The molecule has 6 nitrogen and oxygen atoms in total. The molecule has 0 radical (unpaired) electrons. The molecule has 0 aromatic carbocycles. The maximum Gasteiger partial charge on any atom is 0.312 e. The number of nitrogens with zero attached hydrogens (tertiary/aromatic N) is 1. The van der Waals surface area contributed by atoms with Crippen LogP contribution >= 0.6 is 0 Å². The molecule has 0 aromatic heterocycles. The Morgan fingerprint density at radius 1 is 1.39 bits per heavy atom. The van der Waals surface area contributed by atoms with E-state index in [1.54, 1.807) is 0 Å². The number of hydrogen-bond acceptors (Lipinski definition) is 3. The molecule has 2 fully saturated rings. The van der Waals surface area contributed by atoms with Gasteiger partial charge < -0.3 is 20.7 Å². The molecule has 0 saturated heterocycles. The second kappa shape index (κ2) is 6.30. The van der Waals surface area contributed by atoms with Crippen molar-refractivity contribution in [3.63, 3.8) is 0 Å². The molecule has 3 atom stereocenters. The van der Waals surface area contributed by atoms with Gasteiger partial charge in [-0.05, 0) is 31.6 Å². The number of nitrogens with one attached hydrogen (secondary N) is 1. The van der Waals surface area contributed by atoms with Crippen LogP contribution in [0.1, 0.15) is 53.4 Å². The number of primary amides is 1. The quantitative estimate of drug-likeness (QED) is 0.809. The average molecular weight is 325 g/mol. The van der Waals surface area contributed by atoms with Crippen LogP contribution < -0.4 is 11.1 Å². The maximum absolute atomic E-state index is 13.0. The number of likely N-dealkylation sites (N-methyl/N-ethyl adjacent to an activating group) is 1. The maximum atomic E-state index is 13.0. The smallest absolute Gasteiger partial charge is 0.312 e. The van der Waals surface area contributed by atoms with Gasteiger partial charge >= 0.3 is 6.03 Å². The SMILES string of the molecule is CCOC1CC(N(C)C(=O)C(NC(N)=O)C(C)(C)C)C12CCC2. The Balaban J connectivity index is 2.11. The third kappa shape index (κ3) is 3.18. The number of hydrogen-bond donors (Lipinski definition) is 2. The van der Waals surface area contributed by atoms with Crippen molar-refractivity contribution < 1.29 is 14.3 Å². The van der Waals surface area contributed by atoms with Gasteiger partial charge in [0.1, 0.15) is 6.04 Å². The normalized spacial score (nSPS) is 26.8. The van der Waals surface area contributed by atoms with Crippen LogP contribution in [0.25, 0.3) is 0 Å². The van der Waals surface area contributed by atoms with Crippen LogP contribution in [0.5, 0.6) is 0 Å². The predicted molar refractivity (Wildman–Crippen MR) is 88.8 cm³/mol. The van der Waals surface area contributed by atoms with Gasteiger partial charge in [0.2, 0.25) is 5.91 Å². The molecule has 0 bridgehead atoms. The zero-order valence-corrected chi connectivity index (χ0v) is 15.0. The Bertz CT molecular complexity index is 468. The van der Waals surface area contributed by atoms with Gasteiger partial charge in [0.15, 0.2) is 0 Å². The van der Waals surface area contributed by atoms with Crippen molar-refractivity contribution in [3.05, 3.63) is 0 Å². The molecular weight excluding hydrogens is 294 g/mol. The Morgan fingerprint density at radius 3 is 2.39 bits per heavy atom. The number of ether oxygens (including phenoxy) is 1. The molecule has 2 rings (SSSR count). The number of urea groups is 1. The van der Waals surface area contributed by atoms with Crippen molar-refractivity contribution in [1.29, 1.82) is 0 Å². The molecule has 0 aromatic rings. The van der Waals surface area contributed by atoms with E-state index in [2.05, 4.69) is 5.32 Å². The van der Waals surface area contributed by atoms with Crippen molar-refractivity contribution in [3.8, 4) is 0 Å². The molecule has 6 heteroatoms. The van der Waals surface area contributed by atoms with Crippen LogP contribution in [-0.4, -0.2) is 48.7 Å². The fourth-order valence-electron chi connectivity index (χ4n) is 4.09. The zero-order chi connectivity index (χ0) is 17.4. The fourth-order valence-corrected chi connectivity index (χ4v) is 4.09. The van der Waals surface area contributed by atoms with Gasteiger partial charge in [0, 0.05) is 25.1 Å². The molecule has 2 saturated carbocycles. The molecule has 0 aliphatic heterocycles. The van der Waals surface area contributed by atoms with Gasteiger partial charge in [-0.2, -0.15) is 0 Å². The Kier molecular flexibility index (Phi) is 4.95. The Morgan fingerprint density at radius 2 is 2.00 bits per heavy atom. The summed E-state index contributed by atoms with van der Waals surface area (Å²) in [6, 6.07) is -1.08. The standard InChI is InChI=1S/C17H31N3O3/c1-6-23-12-10-11(17(12)8-7-9-17)20(5)14(21)13(16(2,3)4)19-15(18)22/h11-13H,6-10H2,1-5H3,(H3,18,19,22). The molecular formula is C17H31N3O3. The number of carbonyl (C=O) groups is 2. The minimum absolute atomic E-state index is 0.0671. The summed E-state index contributed by atoms with van der Waals surface area (Å²) in [5.41, 5.74) is 4.99. The van der Waals surface area contributed by atoms with E-state index in [1.807, 2.05) is 39.6 Å². The zero-order valence-electron chi connectivity index (χ0n) is 15.0. The van der Waals surface area contributed by atoms with Gasteiger partial charge in [0.25, 0.3) is 0 Å². The summed E-state index contributed by atoms with van der Waals surface area (Å²) in [5.74, 6) is -0.0671. The number of carbonyl (C=O) groups excluding carboxylic acids is 2. The highest BCUT2D eigenvalue weighted by Gasteiger charge is 2.61. The summed E-state index contributed by atoms with van der Waals surface area (Å²) in [4.78, 5) is 26.1. The largest absolute Gasteiger partial charge is 0.378 e. The highest BCUT2D eigenvalue weighted by Crippen LogP contribution is 2.59. The Labute approximate surface area is 139 Å². The highest BCUT2D eigenvalue weighted by molar-refractivity contribution is 5.87. The van der Waals surface area contributed by atoms with Crippen molar-refractivity contribution >= 4 is 11.9 Å². The third-order valence-corrected chi connectivity index (χ3v) is 5.61. The average Bonchev–Trinajstić information content (AvgIpc) is 2.35. The molecule has 3 unspecified atom stereocenters. The Hall–Kier alpha value is -1.30. The lowest BCUT2D eigenvalue weighted by Gasteiger charge is -2.63. The molecule has 3 N–H and O–H groups in total. The van der Waals surface area contributed by atoms with Gasteiger partial charge in [-0.15, -0.1) is 0 Å². The summed E-state index contributed by atoms with van der Waals surface area (Å²) in [6.07, 6.45) is 4.57. The topological polar surface area (TPSA) is 84.7 Å². The second-order valence-electron chi connectivity index (χ2n) is 8.04. The molecule has 1 spiro atoms. The lowest BCUT2D eigenvalue weighted by atomic mass is 9.50.